The average Bonchev–Trinajstić information content (AvgIpc) is 3.09. The molecule has 7 unspecified atom stereocenters. The predicted octanol–water partition coefficient (Wildman–Crippen LogP) is 5.74. The quantitative estimate of drug-likeness (QED) is 0.360. The van der Waals surface area contributed by atoms with Gasteiger partial charge >= 0.3 is 0 Å². The van der Waals surface area contributed by atoms with E-state index in [-0.39, 0.29) is 22.5 Å². The number of hydrogen-bond acceptors (Lipinski definition) is 4. The lowest BCUT2D eigenvalue weighted by molar-refractivity contribution is -0.221. The maximum atomic E-state index is 13.2. The van der Waals surface area contributed by atoms with Crippen LogP contribution in [0.2, 0.25) is 0 Å². The lowest BCUT2D eigenvalue weighted by atomic mass is 9.43. The van der Waals surface area contributed by atoms with Crippen LogP contribution in [0.5, 0.6) is 0 Å². The van der Waals surface area contributed by atoms with Crippen LogP contribution in [-0.2, 0) is 4.79 Å². The number of aliphatic hydroxyl groups excluding tert-OH is 1. The molecule has 0 aromatic carbocycles. The normalized spacial score (nSPS) is 43.1. The third-order valence-electron chi connectivity index (χ3n) is 11.7. The Hall–Kier alpha value is -0.970. The van der Waals surface area contributed by atoms with Crippen molar-refractivity contribution in [2.24, 2.45) is 34.0 Å². The van der Waals surface area contributed by atoms with Crippen LogP contribution < -0.4 is 0 Å². The highest BCUT2D eigenvalue weighted by Gasteiger charge is 2.66. The Kier molecular flexibility index (Phi) is 6.15. The summed E-state index contributed by atoms with van der Waals surface area (Å²) in [5, 5.41) is 33.1. The molecule has 0 bridgehead atoms. The van der Waals surface area contributed by atoms with E-state index in [2.05, 4.69) is 34.6 Å². The number of carbonyl (C=O) groups excluding carboxylic acids is 1. The molecule has 2 fully saturated rings. The Morgan fingerprint density at radius 1 is 1.06 bits per heavy atom. The molecule has 7 atom stereocenters. The van der Waals surface area contributed by atoms with Crippen LogP contribution in [0, 0.1) is 34.0 Å². The summed E-state index contributed by atoms with van der Waals surface area (Å²) >= 11 is 0. The summed E-state index contributed by atoms with van der Waals surface area (Å²) in [6.45, 7) is 16.2. The summed E-state index contributed by atoms with van der Waals surface area (Å²) < 4.78 is 0. The van der Waals surface area contributed by atoms with Gasteiger partial charge in [0.2, 0.25) is 0 Å². The molecule has 2 saturated carbocycles. The SMILES string of the molecule is CC(=CC(=O)C(C)C1CCC2C3=C(CCC21C)C1(C)CCC(O)C(C)(C)C1(O)CC3)C(C)(C)O. The van der Waals surface area contributed by atoms with E-state index in [1.54, 1.807) is 25.5 Å². The summed E-state index contributed by atoms with van der Waals surface area (Å²) in [5.41, 5.74) is 1.20. The van der Waals surface area contributed by atoms with Crippen molar-refractivity contribution in [1.29, 1.82) is 0 Å². The molecule has 4 nitrogen and oxygen atoms in total. The first-order valence-corrected chi connectivity index (χ1v) is 13.6. The van der Waals surface area contributed by atoms with Gasteiger partial charge in [0.05, 0.1) is 17.3 Å². The molecule has 0 radical (unpaired) electrons. The largest absolute Gasteiger partial charge is 0.392 e. The molecular formula is C30H48O4. The fraction of sp³-hybridized carbons (Fsp3) is 0.833. The predicted molar refractivity (Wildman–Crippen MR) is 136 cm³/mol. The summed E-state index contributed by atoms with van der Waals surface area (Å²) in [6, 6.07) is 0. The van der Waals surface area contributed by atoms with Gasteiger partial charge in [-0.2, -0.15) is 0 Å². The second-order valence-corrected chi connectivity index (χ2v) is 13.8. The third-order valence-corrected chi connectivity index (χ3v) is 11.7. The van der Waals surface area contributed by atoms with E-state index in [1.807, 2.05) is 6.92 Å². The second-order valence-electron chi connectivity index (χ2n) is 13.8. The second kappa shape index (κ2) is 8.02. The highest BCUT2D eigenvalue weighted by Crippen LogP contribution is 2.69. The molecule has 192 valence electrons. The van der Waals surface area contributed by atoms with Crippen molar-refractivity contribution in [2.75, 3.05) is 0 Å². The van der Waals surface area contributed by atoms with Crippen LogP contribution in [0.3, 0.4) is 0 Å². The average molecular weight is 473 g/mol. The standard InChI is InChI=1S/C30H48O4/c1-18(27(5,6)33)17-24(31)19(2)21-9-10-22-20-11-16-30(34)26(3,4)25(32)13-15-29(30,8)23(20)12-14-28(21,22)7/h17,19,21-22,25,32-34H,9-16H2,1-8H3. The molecule has 4 rings (SSSR count). The van der Waals surface area contributed by atoms with E-state index in [0.29, 0.717) is 18.3 Å². The first kappa shape index (κ1) is 26.1. The van der Waals surface area contributed by atoms with Gasteiger partial charge in [0.1, 0.15) is 0 Å². The van der Waals surface area contributed by atoms with Gasteiger partial charge in [-0.3, -0.25) is 4.79 Å². The summed E-state index contributed by atoms with van der Waals surface area (Å²) in [4.78, 5) is 13.2. The molecule has 0 aromatic rings. The van der Waals surface area contributed by atoms with Gasteiger partial charge in [0.15, 0.2) is 5.78 Å². The van der Waals surface area contributed by atoms with Crippen molar-refractivity contribution in [3.63, 3.8) is 0 Å². The molecule has 0 amide bonds. The zero-order chi connectivity index (χ0) is 25.5. The number of hydrogen-bond donors (Lipinski definition) is 3. The van der Waals surface area contributed by atoms with Crippen LogP contribution in [0.15, 0.2) is 22.8 Å². The summed E-state index contributed by atoms with van der Waals surface area (Å²) in [5.74, 6) is 0.893. The molecule has 34 heavy (non-hydrogen) atoms. The smallest absolute Gasteiger partial charge is 0.158 e. The molecule has 0 spiro atoms. The van der Waals surface area contributed by atoms with Crippen molar-refractivity contribution in [3.8, 4) is 0 Å². The Bertz CT molecular complexity index is 921. The molecular weight excluding hydrogens is 424 g/mol. The molecule has 0 aromatic heterocycles. The third kappa shape index (κ3) is 3.45. The van der Waals surface area contributed by atoms with Gasteiger partial charge < -0.3 is 15.3 Å². The number of allylic oxidation sites excluding steroid dienone is 2. The highest BCUT2D eigenvalue weighted by molar-refractivity contribution is 5.92. The maximum absolute atomic E-state index is 13.2. The summed E-state index contributed by atoms with van der Waals surface area (Å²) in [6.07, 6.45) is 8.64. The van der Waals surface area contributed by atoms with E-state index in [9.17, 15) is 20.1 Å². The lowest BCUT2D eigenvalue weighted by Crippen LogP contribution is -2.66. The van der Waals surface area contributed by atoms with Gasteiger partial charge in [0.25, 0.3) is 0 Å². The monoisotopic (exact) mass is 472 g/mol. The lowest BCUT2D eigenvalue weighted by Gasteiger charge is -2.64. The van der Waals surface area contributed by atoms with Gasteiger partial charge in [-0.15, -0.1) is 0 Å². The molecule has 0 heterocycles. The minimum absolute atomic E-state index is 0.0608. The minimum atomic E-state index is -0.974. The van der Waals surface area contributed by atoms with Crippen molar-refractivity contribution in [3.05, 3.63) is 22.8 Å². The highest BCUT2D eigenvalue weighted by atomic mass is 16.3. The molecule has 4 aliphatic rings. The van der Waals surface area contributed by atoms with Gasteiger partial charge in [-0.05, 0) is 101 Å². The van der Waals surface area contributed by atoms with Crippen LogP contribution >= 0.6 is 0 Å². The van der Waals surface area contributed by atoms with Gasteiger partial charge in [0, 0.05) is 16.7 Å². The van der Waals surface area contributed by atoms with E-state index in [0.717, 1.165) is 50.5 Å². The van der Waals surface area contributed by atoms with Crippen molar-refractivity contribution >= 4 is 5.78 Å². The number of fused-ring (bicyclic) bond motifs is 4. The summed E-state index contributed by atoms with van der Waals surface area (Å²) in [7, 11) is 0. The van der Waals surface area contributed by atoms with Crippen LogP contribution in [0.25, 0.3) is 0 Å². The first-order valence-electron chi connectivity index (χ1n) is 13.6. The molecule has 0 aliphatic heterocycles. The minimum Gasteiger partial charge on any atom is -0.392 e. The Morgan fingerprint density at radius 3 is 2.32 bits per heavy atom. The zero-order valence-electron chi connectivity index (χ0n) is 22.8. The number of aliphatic hydroxyl groups is 3. The maximum Gasteiger partial charge on any atom is 0.158 e. The molecule has 3 N–H and O–H groups in total. The number of carbonyl (C=O) groups is 1. The Balaban J connectivity index is 1.65. The number of rotatable bonds is 4. The van der Waals surface area contributed by atoms with Gasteiger partial charge in [-0.25, -0.2) is 0 Å². The van der Waals surface area contributed by atoms with E-state index >= 15 is 0 Å². The fourth-order valence-corrected chi connectivity index (χ4v) is 8.75. The van der Waals surface area contributed by atoms with Crippen LogP contribution in [0.4, 0.5) is 0 Å². The van der Waals surface area contributed by atoms with Crippen molar-refractivity contribution in [2.45, 2.75) is 124 Å². The number of ketones is 1. The van der Waals surface area contributed by atoms with E-state index in [4.69, 9.17) is 0 Å². The van der Waals surface area contributed by atoms with Crippen molar-refractivity contribution < 1.29 is 20.1 Å². The van der Waals surface area contributed by atoms with Crippen LogP contribution in [0.1, 0.15) is 107 Å². The first-order chi connectivity index (χ1) is 15.5. The zero-order valence-corrected chi connectivity index (χ0v) is 22.8. The van der Waals surface area contributed by atoms with Crippen molar-refractivity contribution in [1.82, 2.24) is 0 Å². The molecule has 0 saturated heterocycles. The van der Waals surface area contributed by atoms with Crippen LogP contribution in [-0.4, -0.2) is 38.4 Å². The topological polar surface area (TPSA) is 77.8 Å². The Labute approximate surface area is 206 Å². The van der Waals surface area contributed by atoms with E-state index in [1.165, 1.54) is 5.57 Å². The van der Waals surface area contributed by atoms with Gasteiger partial charge in [-0.1, -0.05) is 45.8 Å². The Morgan fingerprint density at radius 2 is 1.71 bits per heavy atom. The van der Waals surface area contributed by atoms with E-state index < -0.39 is 22.7 Å². The fourth-order valence-electron chi connectivity index (χ4n) is 8.75. The molecule has 4 heteroatoms. The molecule has 4 aliphatic carbocycles.